The molecule has 0 saturated carbocycles. The van der Waals surface area contributed by atoms with Gasteiger partial charge in [0, 0.05) is 30.9 Å². The summed E-state index contributed by atoms with van der Waals surface area (Å²) in [5.74, 6) is 0.0132. The van der Waals surface area contributed by atoms with Gasteiger partial charge >= 0.3 is 0 Å². The number of carbonyl (C=O) groups excluding carboxylic acids is 1. The van der Waals surface area contributed by atoms with E-state index in [1.54, 1.807) is 11.9 Å². The molecule has 0 aliphatic carbocycles. The maximum absolute atomic E-state index is 12.2. The summed E-state index contributed by atoms with van der Waals surface area (Å²) in [7, 11) is 1.76. The lowest BCUT2D eigenvalue weighted by molar-refractivity contribution is 0.0785. The summed E-state index contributed by atoms with van der Waals surface area (Å²) in [6, 6.07) is 3.95. The van der Waals surface area contributed by atoms with Gasteiger partial charge in [-0.1, -0.05) is 0 Å². The second-order valence-corrected chi connectivity index (χ2v) is 7.04. The van der Waals surface area contributed by atoms with Crippen LogP contribution in [-0.4, -0.2) is 36.1 Å². The van der Waals surface area contributed by atoms with Crippen LogP contribution in [0.25, 0.3) is 0 Å². The second kappa shape index (κ2) is 7.43. The van der Waals surface area contributed by atoms with Gasteiger partial charge in [-0.2, -0.15) is 0 Å². The number of halogens is 3. The fraction of sp³-hybridized carbons (Fsp3) is 0.364. The van der Waals surface area contributed by atoms with E-state index in [0.717, 1.165) is 16.3 Å². The first kappa shape index (κ1) is 15.9. The first-order valence-electron chi connectivity index (χ1n) is 4.98. The van der Waals surface area contributed by atoms with E-state index in [-0.39, 0.29) is 12.5 Å². The SMILES string of the molecule is CN(CCCO)C(=O)c1cc(I)cc(I)c1I. The van der Waals surface area contributed by atoms with Crippen molar-refractivity contribution in [1.29, 1.82) is 0 Å². The molecule has 0 aliphatic heterocycles. The molecule has 0 saturated heterocycles. The van der Waals surface area contributed by atoms with Gasteiger partial charge in [-0.15, -0.1) is 0 Å². The van der Waals surface area contributed by atoms with Gasteiger partial charge in [0.15, 0.2) is 0 Å². The van der Waals surface area contributed by atoms with Crippen LogP contribution in [0, 0.1) is 10.7 Å². The number of hydrogen-bond acceptors (Lipinski definition) is 2. The monoisotopic (exact) mass is 571 g/mol. The predicted octanol–water partition coefficient (Wildman–Crippen LogP) is 2.95. The summed E-state index contributed by atoms with van der Waals surface area (Å²) < 4.78 is 3.14. The molecule has 1 amide bonds. The molecule has 3 nitrogen and oxygen atoms in total. The van der Waals surface area contributed by atoms with Crippen molar-refractivity contribution in [2.45, 2.75) is 6.42 Å². The van der Waals surface area contributed by atoms with Crippen LogP contribution >= 0.6 is 67.8 Å². The number of hydrogen-bond donors (Lipinski definition) is 1. The number of amides is 1. The standard InChI is InChI=1S/C11H12I3NO2/c1-15(3-2-4-16)11(17)8-5-7(12)6-9(13)10(8)14/h5-6,16H,2-4H2,1H3. The van der Waals surface area contributed by atoms with Gasteiger partial charge < -0.3 is 10.0 Å². The molecule has 0 aliphatic rings. The largest absolute Gasteiger partial charge is 0.396 e. The molecule has 94 valence electrons. The lowest BCUT2D eigenvalue weighted by atomic mass is 10.2. The van der Waals surface area contributed by atoms with Crippen LogP contribution < -0.4 is 0 Å². The molecule has 0 atom stereocenters. The Balaban J connectivity index is 2.96. The first-order chi connectivity index (χ1) is 7.97. The summed E-state index contributed by atoms with van der Waals surface area (Å²) in [5.41, 5.74) is 0.738. The van der Waals surface area contributed by atoms with Crippen molar-refractivity contribution >= 4 is 73.7 Å². The zero-order chi connectivity index (χ0) is 13.0. The molecule has 0 spiro atoms. The van der Waals surface area contributed by atoms with E-state index in [9.17, 15) is 4.79 Å². The highest BCUT2D eigenvalue weighted by Crippen LogP contribution is 2.23. The molecule has 6 heteroatoms. The Morgan fingerprint density at radius 2 is 2.00 bits per heavy atom. The van der Waals surface area contributed by atoms with Gasteiger partial charge in [0.25, 0.3) is 5.91 Å². The van der Waals surface area contributed by atoms with Crippen molar-refractivity contribution in [2.24, 2.45) is 0 Å². The lowest BCUT2D eigenvalue weighted by Gasteiger charge is -2.18. The first-order valence-corrected chi connectivity index (χ1v) is 8.22. The van der Waals surface area contributed by atoms with E-state index >= 15 is 0 Å². The summed E-state index contributed by atoms with van der Waals surface area (Å²) in [6.07, 6.45) is 0.611. The third-order valence-corrected chi connectivity index (χ3v) is 5.89. The van der Waals surface area contributed by atoms with Crippen molar-refractivity contribution < 1.29 is 9.90 Å². The van der Waals surface area contributed by atoms with Gasteiger partial charge in [-0.05, 0) is 86.3 Å². The number of benzene rings is 1. The third kappa shape index (κ3) is 4.46. The zero-order valence-corrected chi connectivity index (χ0v) is 15.7. The van der Waals surface area contributed by atoms with Crippen LogP contribution in [-0.2, 0) is 0 Å². The van der Waals surface area contributed by atoms with Crippen molar-refractivity contribution in [3.63, 3.8) is 0 Å². The maximum atomic E-state index is 12.2. The van der Waals surface area contributed by atoms with E-state index in [2.05, 4.69) is 67.8 Å². The van der Waals surface area contributed by atoms with Crippen molar-refractivity contribution in [1.82, 2.24) is 4.90 Å². The minimum Gasteiger partial charge on any atom is -0.396 e. The number of aliphatic hydroxyl groups excluding tert-OH is 1. The molecule has 1 rings (SSSR count). The quantitative estimate of drug-likeness (QED) is 0.447. The van der Waals surface area contributed by atoms with Gasteiger partial charge in [0.1, 0.15) is 0 Å². The third-order valence-electron chi connectivity index (χ3n) is 2.22. The fourth-order valence-electron chi connectivity index (χ4n) is 1.33. The Kier molecular flexibility index (Phi) is 6.95. The Hall–Kier alpha value is 0.840. The molecule has 1 N–H and O–H groups in total. The molecule has 17 heavy (non-hydrogen) atoms. The van der Waals surface area contributed by atoms with Crippen LogP contribution in [0.2, 0.25) is 0 Å². The highest BCUT2D eigenvalue weighted by Gasteiger charge is 2.16. The van der Waals surface area contributed by atoms with Crippen molar-refractivity contribution in [3.8, 4) is 0 Å². The molecular weight excluding hydrogens is 559 g/mol. The average molecular weight is 571 g/mol. The van der Waals surface area contributed by atoms with Gasteiger partial charge in [-0.3, -0.25) is 4.79 Å². The highest BCUT2D eigenvalue weighted by molar-refractivity contribution is 14.1. The Labute approximate surface area is 142 Å². The fourth-order valence-corrected chi connectivity index (χ4v) is 3.71. The van der Waals surface area contributed by atoms with E-state index in [0.29, 0.717) is 13.0 Å². The maximum Gasteiger partial charge on any atom is 0.254 e. The van der Waals surface area contributed by atoms with E-state index in [4.69, 9.17) is 5.11 Å². The zero-order valence-electron chi connectivity index (χ0n) is 9.21. The van der Waals surface area contributed by atoms with Gasteiger partial charge in [-0.25, -0.2) is 0 Å². The highest BCUT2D eigenvalue weighted by atomic mass is 127. The summed E-state index contributed by atoms with van der Waals surface area (Å²) >= 11 is 6.65. The normalized spacial score (nSPS) is 10.4. The van der Waals surface area contributed by atoms with Crippen molar-refractivity contribution in [2.75, 3.05) is 20.2 Å². The minimum atomic E-state index is 0.0132. The summed E-state index contributed by atoms with van der Waals surface area (Å²) in [5, 5.41) is 8.77. The molecule has 0 radical (unpaired) electrons. The van der Waals surface area contributed by atoms with Crippen LogP contribution in [0.15, 0.2) is 12.1 Å². The molecule has 0 heterocycles. The molecular formula is C11H12I3NO2. The number of nitrogens with zero attached hydrogens (tertiary/aromatic N) is 1. The minimum absolute atomic E-state index is 0.0132. The van der Waals surface area contributed by atoms with Gasteiger partial charge in [0.2, 0.25) is 0 Å². The lowest BCUT2D eigenvalue weighted by Crippen LogP contribution is -2.29. The van der Waals surface area contributed by atoms with Crippen LogP contribution in [0.3, 0.4) is 0 Å². The number of carbonyl (C=O) groups is 1. The summed E-state index contributed by atoms with van der Waals surface area (Å²) in [6.45, 7) is 0.687. The smallest absolute Gasteiger partial charge is 0.254 e. The summed E-state index contributed by atoms with van der Waals surface area (Å²) in [4.78, 5) is 13.9. The molecule has 0 aromatic heterocycles. The van der Waals surface area contributed by atoms with E-state index in [1.165, 1.54) is 0 Å². The number of rotatable bonds is 4. The van der Waals surface area contributed by atoms with E-state index in [1.807, 2.05) is 12.1 Å². The molecule has 0 bridgehead atoms. The Morgan fingerprint density at radius 1 is 1.35 bits per heavy atom. The molecule has 0 unspecified atom stereocenters. The number of aliphatic hydroxyl groups is 1. The Morgan fingerprint density at radius 3 is 2.59 bits per heavy atom. The Bertz CT molecular complexity index is 423. The van der Waals surface area contributed by atoms with Crippen LogP contribution in [0.4, 0.5) is 0 Å². The second-order valence-electron chi connectivity index (χ2n) is 3.55. The average Bonchev–Trinajstić information content (AvgIpc) is 2.29. The van der Waals surface area contributed by atoms with Crippen LogP contribution in [0.5, 0.6) is 0 Å². The van der Waals surface area contributed by atoms with Crippen molar-refractivity contribution in [3.05, 3.63) is 28.4 Å². The molecule has 1 aromatic carbocycles. The topological polar surface area (TPSA) is 40.5 Å². The molecule has 1 aromatic rings. The predicted molar refractivity (Wildman–Crippen MR) is 93.3 cm³/mol. The van der Waals surface area contributed by atoms with Crippen LogP contribution in [0.1, 0.15) is 16.8 Å². The van der Waals surface area contributed by atoms with Gasteiger partial charge in [0.05, 0.1) is 5.56 Å². The molecule has 0 fully saturated rings. The van der Waals surface area contributed by atoms with E-state index < -0.39 is 0 Å².